The lowest BCUT2D eigenvalue weighted by atomic mass is 10.1. The largest absolute Gasteiger partial charge is 0.333 e. The second-order valence-electron chi connectivity index (χ2n) is 6.90. The van der Waals surface area contributed by atoms with Gasteiger partial charge < -0.3 is 9.47 Å². The van der Waals surface area contributed by atoms with Gasteiger partial charge >= 0.3 is 0 Å². The van der Waals surface area contributed by atoms with E-state index in [1.54, 1.807) is 6.92 Å². The Balaban J connectivity index is 1.80. The van der Waals surface area contributed by atoms with E-state index in [0.717, 1.165) is 42.8 Å². The topological polar surface area (TPSA) is 38.1 Å². The predicted molar refractivity (Wildman–Crippen MR) is 99.4 cm³/mol. The van der Waals surface area contributed by atoms with Gasteiger partial charge in [-0.05, 0) is 37.5 Å². The number of carbonyl (C=O) groups is 1. The third-order valence-electron chi connectivity index (χ3n) is 5.10. The summed E-state index contributed by atoms with van der Waals surface area (Å²) in [6.07, 6.45) is 2.02. The molecule has 4 heteroatoms. The van der Waals surface area contributed by atoms with Crippen molar-refractivity contribution >= 4 is 16.9 Å². The van der Waals surface area contributed by atoms with Crippen molar-refractivity contribution in [1.29, 1.82) is 0 Å². The Kier molecular flexibility index (Phi) is 4.04. The van der Waals surface area contributed by atoms with Crippen molar-refractivity contribution in [1.82, 2.24) is 14.5 Å². The number of amides is 1. The Bertz CT molecular complexity index is 911. The number of carbonyl (C=O) groups excluding carboxylic acids is 1. The van der Waals surface area contributed by atoms with Crippen molar-refractivity contribution < 1.29 is 4.79 Å². The first kappa shape index (κ1) is 15.9. The highest BCUT2D eigenvalue weighted by Gasteiger charge is 2.32. The number of likely N-dealkylation sites (tertiary alicyclic amines) is 1. The molecule has 1 aromatic heterocycles. The van der Waals surface area contributed by atoms with Gasteiger partial charge in [-0.2, -0.15) is 0 Å². The highest BCUT2D eigenvalue weighted by molar-refractivity contribution is 5.77. The Morgan fingerprint density at radius 3 is 2.68 bits per heavy atom. The lowest BCUT2D eigenvalue weighted by Gasteiger charge is -2.24. The Labute approximate surface area is 148 Å². The number of para-hydroxylation sites is 2. The average molecular weight is 333 g/mol. The van der Waals surface area contributed by atoms with Gasteiger partial charge in [0, 0.05) is 20.0 Å². The summed E-state index contributed by atoms with van der Waals surface area (Å²) in [5, 5.41) is 0. The quantitative estimate of drug-likeness (QED) is 0.724. The fourth-order valence-electron chi connectivity index (χ4n) is 3.80. The van der Waals surface area contributed by atoms with Crippen LogP contribution in [-0.2, 0) is 11.3 Å². The van der Waals surface area contributed by atoms with Crippen molar-refractivity contribution in [2.24, 2.45) is 0 Å². The molecular weight excluding hydrogens is 310 g/mol. The summed E-state index contributed by atoms with van der Waals surface area (Å²) in [4.78, 5) is 18.9. The molecule has 0 bridgehead atoms. The second kappa shape index (κ2) is 6.36. The summed E-state index contributed by atoms with van der Waals surface area (Å²) in [5.41, 5.74) is 4.65. The van der Waals surface area contributed by atoms with Crippen molar-refractivity contribution in [2.45, 2.75) is 39.3 Å². The molecule has 3 aromatic rings. The standard InChI is InChI=1S/C21H23N3O/c1-15-9-11-17(12-10-15)14-24-19-7-4-3-6-18(19)22-21(24)20-8-5-13-23(20)16(2)25/h3-4,6-7,9-12,20H,5,8,13-14H2,1-2H3. The molecule has 25 heavy (non-hydrogen) atoms. The van der Waals surface area contributed by atoms with Gasteiger partial charge in [0.25, 0.3) is 0 Å². The van der Waals surface area contributed by atoms with Gasteiger partial charge in [0.1, 0.15) is 5.82 Å². The fraction of sp³-hybridized carbons (Fsp3) is 0.333. The summed E-state index contributed by atoms with van der Waals surface area (Å²) < 4.78 is 2.28. The van der Waals surface area contributed by atoms with Gasteiger partial charge in [-0.25, -0.2) is 4.98 Å². The molecule has 0 N–H and O–H groups in total. The molecule has 0 radical (unpaired) electrons. The average Bonchev–Trinajstić information content (AvgIpc) is 3.22. The second-order valence-corrected chi connectivity index (χ2v) is 6.90. The number of hydrogen-bond acceptors (Lipinski definition) is 2. The van der Waals surface area contributed by atoms with E-state index in [1.165, 1.54) is 11.1 Å². The molecule has 1 atom stereocenters. The van der Waals surface area contributed by atoms with Crippen LogP contribution in [0.15, 0.2) is 48.5 Å². The van der Waals surface area contributed by atoms with Crippen LogP contribution in [-0.4, -0.2) is 26.9 Å². The van der Waals surface area contributed by atoms with E-state index in [0.29, 0.717) is 0 Å². The minimum absolute atomic E-state index is 0.0790. The highest BCUT2D eigenvalue weighted by atomic mass is 16.2. The molecule has 1 amide bonds. The van der Waals surface area contributed by atoms with E-state index in [4.69, 9.17) is 4.98 Å². The molecule has 0 saturated carbocycles. The zero-order valence-corrected chi connectivity index (χ0v) is 14.8. The number of fused-ring (bicyclic) bond motifs is 1. The number of rotatable bonds is 3. The molecule has 1 unspecified atom stereocenters. The first-order valence-electron chi connectivity index (χ1n) is 8.91. The maximum absolute atomic E-state index is 12.0. The number of imidazole rings is 1. The van der Waals surface area contributed by atoms with E-state index in [2.05, 4.69) is 54.0 Å². The third-order valence-corrected chi connectivity index (χ3v) is 5.10. The Morgan fingerprint density at radius 2 is 1.92 bits per heavy atom. The molecule has 0 aliphatic carbocycles. The highest BCUT2D eigenvalue weighted by Crippen LogP contribution is 2.33. The zero-order chi connectivity index (χ0) is 17.4. The third kappa shape index (κ3) is 2.93. The number of aromatic nitrogens is 2. The molecule has 2 aromatic carbocycles. The molecule has 1 aliphatic heterocycles. The maximum Gasteiger partial charge on any atom is 0.220 e. The van der Waals surface area contributed by atoms with Crippen molar-refractivity contribution in [2.75, 3.05) is 6.54 Å². The van der Waals surface area contributed by atoms with Gasteiger partial charge in [-0.1, -0.05) is 42.0 Å². The molecule has 0 spiro atoms. The monoisotopic (exact) mass is 333 g/mol. The molecule has 1 saturated heterocycles. The normalized spacial score (nSPS) is 17.4. The molecule has 1 fully saturated rings. The van der Waals surface area contributed by atoms with E-state index in [1.807, 2.05) is 11.0 Å². The molecule has 128 valence electrons. The summed E-state index contributed by atoms with van der Waals surface area (Å²) in [6.45, 7) is 5.36. The van der Waals surface area contributed by atoms with Gasteiger partial charge in [0.2, 0.25) is 5.91 Å². The molecule has 2 heterocycles. The van der Waals surface area contributed by atoms with Crippen LogP contribution in [0.3, 0.4) is 0 Å². The molecule has 4 rings (SSSR count). The van der Waals surface area contributed by atoms with Crippen LogP contribution in [0, 0.1) is 6.92 Å². The van der Waals surface area contributed by atoms with Crippen LogP contribution in [0.1, 0.15) is 42.8 Å². The summed E-state index contributed by atoms with van der Waals surface area (Å²) in [7, 11) is 0. The van der Waals surface area contributed by atoms with Gasteiger partial charge in [-0.3, -0.25) is 4.79 Å². The first-order valence-corrected chi connectivity index (χ1v) is 8.91. The van der Waals surface area contributed by atoms with Crippen molar-refractivity contribution in [3.8, 4) is 0 Å². The van der Waals surface area contributed by atoms with Crippen LogP contribution in [0.25, 0.3) is 11.0 Å². The van der Waals surface area contributed by atoms with Crippen molar-refractivity contribution in [3.63, 3.8) is 0 Å². The summed E-state index contributed by atoms with van der Waals surface area (Å²) in [6, 6.07) is 17.0. The minimum atomic E-state index is 0.0790. The van der Waals surface area contributed by atoms with Crippen LogP contribution in [0.5, 0.6) is 0 Å². The minimum Gasteiger partial charge on any atom is -0.333 e. The maximum atomic E-state index is 12.0. The van der Waals surface area contributed by atoms with Gasteiger partial charge in [0.15, 0.2) is 0 Å². The van der Waals surface area contributed by atoms with Crippen LogP contribution >= 0.6 is 0 Å². The van der Waals surface area contributed by atoms with Crippen LogP contribution in [0.2, 0.25) is 0 Å². The van der Waals surface area contributed by atoms with Crippen LogP contribution < -0.4 is 0 Å². The number of nitrogens with zero attached hydrogens (tertiary/aromatic N) is 3. The number of aryl methyl sites for hydroxylation is 1. The smallest absolute Gasteiger partial charge is 0.220 e. The Hall–Kier alpha value is -2.62. The predicted octanol–water partition coefficient (Wildman–Crippen LogP) is 4.08. The van der Waals surface area contributed by atoms with Gasteiger partial charge in [-0.15, -0.1) is 0 Å². The number of benzene rings is 2. The molecule has 4 nitrogen and oxygen atoms in total. The lowest BCUT2D eigenvalue weighted by molar-refractivity contribution is -0.129. The zero-order valence-electron chi connectivity index (χ0n) is 14.8. The van der Waals surface area contributed by atoms with Crippen LogP contribution in [0.4, 0.5) is 0 Å². The van der Waals surface area contributed by atoms with E-state index in [9.17, 15) is 4.79 Å². The first-order chi connectivity index (χ1) is 12.1. The van der Waals surface area contributed by atoms with E-state index >= 15 is 0 Å². The molecule has 1 aliphatic rings. The van der Waals surface area contributed by atoms with E-state index in [-0.39, 0.29) is 11.9 Å². The fourth-order valence-corrected chi connectivity index (χ4v) is 3.80. The van der Waals surface area contributed by atoms with E-state index < -0.39 is 0 Å². The SMILES string of the molecule is CC(=O)N1CCCC1c1nc2ccccc2n1Cc1ccc(C)cc1. The van der Waals surface area contributed by atoms with Crippen molar-refractivity contribution in [3.05, 3.63) is 65.5 Å². The Morgan fingerprint density at radius 1 is 1.16 bits per heavy atom. The molecular formula is C21H23N3O. The lowest BCUT2D eigenvalue weighted by Crippen LogP contribution is -2.30. The summed E-state index contributed by atoms with van der Waals surface area (Å²) in [5.74, 6) is 1.14. The number of hydrogen-bond donors (Lipinski definition) is 0. The van der Waals surface area contributed by atoms with Gasteiger partial charge in [0.05, 0.1) is 17.1 Å². The summed E-state index contributed by atoms with van der Waals surface area (Å²) >= 11 is 0.